The molecule has 2 unspecified atom stereocenters. The van der Waals surface area contributed by atoms with E-state index in [2.05, 4.69) is 4.98 Å². The number of H-pyrrole nitrogens is 1. The van der Waals surface area contributed by atoms with Crippen LogP contribution in [-0.2, 0) is 14.2 Å². The minimum atomic E-state index is -3.38. The lowest BCUT2D eigenvalue weighted by atomic mass is 10.1. The van der Waals surface area contributed by atoms with Gasteiger partial charge in [-0.25, -0.2) is 4.79 Å². The SMILES string of the molecule is O=C(O)CCC(C(=O)O)N(c1cc2ccccc2[nH]1)[PH](=O)O. The van der Waals surface area contributed by atoms with E-state index >= 15 is 0 Å². The number of aromatic amines is 1. The monoisotopic (exact) mass is 326 g/mol. The van der Waals surface area contributed by atoms with Crippen LogP contribution in [0.5, 0.6) is 0 Å². The second-order valence-corrected chi connectivity index (χ2v) is 5.73. The molecule has 0 saturated carbocycles. The minimum absolute atomic E-state index is 0.172. The fourth-order valence-electron chi connectivity index (χ4n) is 2.22. The highest BCUT2D eigenvalue weighted by molar-refractivity contribution is 7.40. The van der Waals surface area contributed by atoms with Gasteiger partial charge in [-0.1, -0.05) is 18.2 Å². The van der Waals surface area contributed by atoms with Crippen LogP contribution in [-0.4, -0.2) is 38.1 Å². The zero-order valence-corrected chi connectivity index (χ0v) is 12.4. The number of carboxylic acids is 2. The van der Waals surface area contributed by atoms with Crippen molar-refractivity contribution in [2.24, 2.45) is 0 Å². The number of aromatic nitrogens is 1. The summed E-state index contributed by atoms with van der Waals surface area (Å²) in [6.07, 6.45) is -0.695. The summed E-state index contributed by atoms with van der Waals surface area (Å²) >= 11 is 0. The first-order valence-electron chi connectivity index (χ1n) is 6.44. The van der Waals surface area contributed by atoms with E-state index in [1.54, 1.807) is 30.3 Å². The number of carboxylic acid groups (broad SMARTS) is 2. The number of hydrogen-bond acceptors (Lipinski definition) is 3. The molecular weight excluding hydrogens is 311 g/mol. The Labute approximate surface area is 125 Å². The summed E-state index contributed by atoms with van der Waals surface area (Å²) in [7, 11) is -3.38. The van der Waals surface area contributed by atoms with E-state index in [4.69, 9.17) is 5.11 Å². The molecule has 0 amide bonds. The van der Waals surface area contributed by atoms with Crippen molar-refractivity contribution in [3.63, 3.8) is 0 Å². The summed E-state index contributed by atoms with van der Waals surface area (Å²) in [4.78, 5) is 34.4. The molecule has 0 aliphatic heterocycles. The van der Waals surface area contributed by atoms with Gasteiger partial charge < -0.3 is 20.1 Å². The molecule has 0 radical (unpaired) electrons. The molecule has 1 aromatic heterocycles. The van der Waals surface area contributed by atoms with E-state index in [0.717, 1.165) is 10.1 Å². The van der Waals surface area contributed by atoms with Gasteiger partial charge in [-0.2, -0.15) is 0 Å². The average molecular weight is 326 g/mol. The van der Waals surface area contributed by atoms with E-state index in [9.17, 15) is 24.2 Å². The van der Waals surface area contributed by atoms with Crippen LogP contribution in [0.4, 0.5) is 5.82 Å². The second-order valence-electron chi connectivity index (χ2n) is 4.68. The van der Waals surface area contributed by atoms with Crippen molar-refractivity contribution >= 4 is 36.8 Å². The van der Waals surface area contributed by atoms with Gasteiger partial charge in [0, 0.05) is 17.3 Å². The summed E-state index contributed by atoms with van der Waals surface area (Å²) in [6, 6.07) is 7.23. The molecule has 2 aromatic rings. The number of anilines is 1. The van der Waals surface area contributed by atoms with Gasteiger partial charge >= 0.3 is 11.9 Å². The van der Waals surface area contributed by atoms with Gasteiger partial charge in [0.05, 0.1) is 0 Å². The third kappa shape index (κ3) is 3.47. The lowest BCUT2D eigenvalue weighted by Gasteiger charge is -2.26. The molecular formula is C13H15N2O6P. The molecule has 0 spiro atoms. The maximum Gasteiger partial charge on any atom is 0.326 e. The molecule has 2 atom stereocenters. The lowest BCUT2D eigenvalue weighted by Crippen LogP contribution is -2.37. The smallest absolute Gasteiger partial charge is 0.326 e. The molecule has 9 heteroatoms. The Hall–Kier alpha value is -2.31. The van der Waals surface area contributed by atoms with Gasteiger partial charge in [0.25, 0.3) is 8.18 Å². The Balaban J connectivity index is 2.40. The summed E-state index contributed by atoms with van der Waals surface area (Å²) < 4.78 is 12.5. The molecule has 8 nitrogen and oxygen atoms in total. The van der Waals surface area contributed by atoms with E-state index in [-0.39, 0.29) is 12.2 Å². The van der Waals surface area contributed by atoms with Crippen molar-refractivity contribution in [1.29, 1.82) is 0 Å². The number of nitrogens with one attached hydrogen (secondary N) is 1. The van der Waals surface area contributed by atoms with E-state index in [1.165, 1.54) is 0 Å². The number of fused-ring (bicyclic) bond motifs is 1. The number of hydrogen-bond donors (Lipinski definition) is 4. The Morgan fingerprint density at radius 3 is 2.50 bits per heavy atom. The van der Waals surface area contributed by atoms with Crippen molar-refractivity contribution < 1.29 is 29.3 Å². The van der Waals surface area contributed by atoms with Crippen LogP contribution in [0.2, 0.25) is 0 Å². The normalized spacial score (nSPS) is 13.7. The van der Waals surface area contributed by atoms with Gasteiger partial charge in [-0.15, -0.1) is 0 Å². The topological polar surface area (TPSA) is 131 Å². The lowest BCUT2D eigenvalue weighted by molar-refractivity contribution is -0.139. The van der Waals surface area contributed by atoms with Crippen molar-refractivity contribution in [1.82, 2.24) is 4.98 Å². The molecule has 1 aromatic carbocycles. The summed E-state index contributed by atoms with van der Waals surface area (Å²) in [5.41, 5.74) is 0.688. The molecule has 0 fully saturated rings. The van der Waals surface area contributed by atoms with Crippen molar-refractivity contribution in [2.45, 2.75) is 18.9 Å². The van der Waals surface area contributed by atoms with Crippen LogP contribution in [0.3, 0.4) is 0 Å². The summed E-state index contributed by atoms with van der Waals surface area (Å²) in [6.45, 7) is 0. The average Bonchev–Trinajstić information content (AvgIpc) is 2.85. The van der Waals surface area contributed by atoms with Crippen LogP contribution in [0.15, 0.2) is 30.3 Å². The highest BCUT2D eigenvalue weighted by Crippen LogP contribution is 2.35. The van der Waals surface area contributed by atoms with E-state index in [0.29, 0.717) is 5.52 Å². The third-order valence-corrected chi connectivity index (χ3v) is 4.17. The van der Waals surface area contributed by atoms with Gasteiger partial charge in [-0.05, 0) is 18.6 Å². The molecule has 0 aliphatic carbocycles. The molecule has 1 heterocycles. The molecule has 22 heavy (non-hydrogen) atoms. The van der Waals surface area contributed by atoms with E-state index in [1.807, 2.05) is 0 Å². The predicted octanol–water partition coefficient (Wildman–Crippen LogP) is 1.67. The van der Waals surface area contributed by atoms with Gasteiger partial charge in [0.1, 0.15) is 11.9 Å². The highest BCUT2D eigenvalue weighted by Gasteiger charge is 2.30. The molecule has 0 saturated heterocycles. The van der Waals surface area contributed by atoms with Crippen molar-refractivity contribution in [2.75, 3.05) is 4.67 Å². The third-order valence-electron chi connectivity index (χ3n) is 3.21. The zero-order valence-electron chi connectivity index (χ0n) is 11.4. The van der Waals surface area contributed by atoms with Crippen molar-refractivity contribution in [3.05, 3.63) is 30.3 Å². The molecule has 118 valence electrons. The standard InChI is InChI=1S/C13H15N2O6P/c16-12(17)6-5-10(13(18)19)15(22(20)21)11-7-8-3-1-2-4-9(8)14-11/h1-4,7,10,14,22H,5-6H2,(H,16,17)(H,18,19)(H,20,21). The van der Waals surface area contributed by atoms with Crippen molar-refractivity contribution in [3.8, 4) is 0 Å². The first kappa shape index (κ1) is 16.1. The fraction of sp³-hybridized carbons (Fsp3) is 0.231. The van der Waals surface area contributed by atoms with Crippen LogP contribution in [0.1, 0.15) is 12.8 Å². The number of carbonyl (C=O) groups is 2. The largest absolute Gasteiger partial charge is 0.481 e. The Morgan fingerprint density at radius 2 is 1.95 bits per heavy atom. The van der Waals surface area contributed by atoms with Gasteiger partial charge in [0.2, 0.25) is 0 Å². The number of aliphatic carboxylic acids is 2. The van der Waals surface area contributed by atoms with Gasteiger partial charge in [0.15, 0.2) is 0 Å². The zero-order chi connectivity index (χ0) is 16.3. The van der Waals surface area contributed by atoms with Crippen LogP contribution in [0, 0.1) is 0 Å². The minimum Gasteiger partial charge on any atom is -0.481 e. The first-order chi connectivity index (χ1) is 10.4. The fourth-order valence-corrected chi connectivity index (χ4v) is 3.05. The van der Waals surface area contributed by atoms with Crippen LogP contribution < -0.4 is 4.67 Å². The quantitative estimate of drug-likeness (QED) is 0.569. The number of rotatable bonds is 7. The highest BCUT2D eigenvalue weighted by atomic mass is 31.1. The summed E-state index contributed by atoms with van der Waals surface area (Å²) in [5.74, 6) is -2.35. The maximum absolute atomic E-state index is 11.6. The Kier molecular flexibility index (Phi) is 4.85. The first-order valence-corrected chi connectivity index (χ1v) is 7.75. The second kappa shape index (κ2) is 6.64. The van der Waals surface area contributed by atoms with Crippen LogP contribution >= 0.6 is 8.18 Å². The Bertz CT molecular complexity index is 695. The van der Waals surface area contributed by atoms with Gasteiger partial charge in [-0.3, -0.25) is 14.0 Å². The maximum atomic E-state index is 11.6. The molecule has 0 bridgehead atoms. The molecule has 0 aliphatic rings. The number of para-hydroxylation sites is 1. The van der Waals surface area contributed by atoms with Crippen LogP contribution in [0.25, 0.3) is 10.9 Å². The number of benzene rings is 1. The number of nitrogens with zero attached hydrogens (tertiary/aromatic N) is 1. The molecule has 4 N–H and O–H groups in total. The summed E-state index contributed by atoms with van der Waals surface area (Å²) in [5, 5.41) is 18.7. The molecule has 2 rings (SSSR count). The Morgan fingerprint density at radius 1 is 1.27 bits per heavy atom. The van der Waals surface area contributed by atoms with E-state index < -0.39 is 32.6 Å². The predicted molar refractivity (Wildman–Crippen MR) is 80.3 cm³/mol.